The third kappa shape index (κ3) is 3.30. The Labute approximate surface area is 120 Å². The molecule has 1 saturated heterocycles. The molecule has 2 N–H and O–H groups in total. The van der Waals surface area contributed by atoms with E-state index in [0.717, 1.165) is 18.7 Å². The van der Waals surface area contributed by atoms with Crippen LogP contribution in [0.15, 0.2) is 6.20 Å². The van der Waals surface area contributed by atoms with Crippen LogP contribution in [0.4, 0.5) is 0 Å². The fourth-order valence-electron chi connectivity index (χ4n) is 2.91. The fraction of sp³-hybridized carbons (Fsp3) is 0.786. The number of rotatable bonds is 4. The monoisotopic (exact) mass is 285 g/mol. The number of hydrogen-bond acceptors (Lipinski definition) is 3. The molecule has 1 aliphatic rings. The maximum atomic E-state index is 10.9. The van der Waals surface area contributed by atoms with Crippen molar-refractivity contribution < 1.29 is 5.11 Å². The summed E-state index contributed by atoms with van der Waals surface area (Å²) < 4.78 is 1.82. The van der Waals surface area contributed by atoms with Crippen molar-refractivity contribution in [2.45, 2.75) is 64.1 Å². The molecule has 0 radical (unpaired) electrons. The number of halogens is 1. The van der Waals surface area contributed by atoms with Crippen LogP contribution in [-0.4, -0.2) is 27.5 Å². The van der Waals surface area contributed by atoms with Gasteiger partial charge in [-0.2, -0.15) is 5.10 Å². The minimum Gasteiger partial charge on any atom is -0.384 e. The SMILES string of the molecule is CC(C)n1ncc(Cl)c1C(C)(O)CC1CCCCN1. The standard InChI is InChI=1S/C14H24ClN3O/c1-10(2)18-13(12(15)9-17-18)14(3,19)8-11-6-4-5-7-16-11/h9-11,16,19H,4-8H2,1-3H3. The van der Waals surface area contributed by atoms with E-state index in [1.165, 1.54) is 12.8 Å². The highest BCUT2D eigenvalue weighted by Gasteiger charge is 2.34. The molecule has 4 nitrogen and oxygen atoms in total. The Morgan fingerprint density at radius 2 is 2.32 bits per heavy atom. The first-order chi connectivity index (χ1) is 8.92. The van der Waals surface area contributed by atoms with Gasteiger partial charge in [0.2, 0.25) is 0 Å². The Kier molecular flexibility index (Phi) is 4.54. The molecule has 1 aromatic rings. The molecule has 2 heterocycles. The molecule has 0 aliphatic carbocycles. The van der Waals surface area contributed by atoms with E-state index < -0.39 is 5.60 Å². The van der Waals surface area contributed by atoms with E-state index in [1.807, 2.05) is 25.5 Å². The lowest BCUT2D eigenvalue weighted by atomic mass is 9.89. The highest BCUT2D eigenvalue weighted by atomic mass is 35.5. The molecule has 1 fully saturated rings. The van der Waals surface area contributed by atoms with Crippen LogP contribution in [0.25, 0.3) is 0 Å². The summed E-state index contributed by atoms with van der Waals surface area (Å²) in [6.07, 6.45) is 5.86. The molecular weight excluding hydrogens is 262 g/mol. The molecule has 1 aliphatic heterocycles. The van der Waals surface area contributed by atoms with Gasteiger partial charge in [-0.3, -0.25) is 4.68 Å². The Morgan fingerprint density at radius 3 is 2.89 bits per heavy atom. The second kappa shape index (κ2) is 5.81. The van der Waals surface area contributed by atoms with E-state index in [4.69, 9.17) is 11.6 Å². The highest BCUT2D eigenvalue weighted by molar-refractivity contribution is 6.31. The molecule has 0 aromatic carbocycles. The second-order valence-corrected chi connectivity index (χ2v) is 6.41. The van der Waals surface area contributed by atoms with Gasteiger partial charge < -0.3 is 10.4 Å². The zero-order valence-corrected chi connectivity index (χ0v) is 12.7. The van der Waals surface area contributed by atoms with Crippen LogP contribution < -0.4 is 5.32 Å². The van der Waals surface area contributed by atoms with Crippen molar-refractivity contribution in [3.8, 4) is 0 Å². The molecule has 2 unspecified atom stereocenters. The van der Waals surface area contributed by atoms with E-state index in [-0.39, 0.29) is 6.04 Å². The van der Waals surface area contributed by atoms with Crippen LogP contribution in [0.2, 0.25) is 5.02 Å². The quantitative estimate of drug-likeness (QED) is 0.894. The van der Waals surface area contributed by atoms with Crippen LogP contribution >= 0.6 is 11.6 Å². The first kappa shape index (κ1) is 14.8. The Balaban J connectivity index is 2.20. The molecule has 2 rings (SSSR count). The van der Waals surface area contributed by atoms with Crippen molar-refractivity contribution in [3.05, 3.63) is 16.9 Å². The maximum absolute atomic E-state index is 10.9. The number of aromatic nitrogens is 2. The van der Waals surface area contributed by atoms with Crippen LogP contribution in [-0.2, 0) is 5.60 Å². The Bertz CT molecular complexity index is 422. The van der Waals surface area contributed by atoms with Gasteiger partial charge in [-0.25, -0.2) is 0 Å². The van der Waals surface area contributed by atoms with Gasteiger partial charge in [-0.1, -0.05) is 18.0 Å². The lowest BCUT2D eigenvalue weighted by Crippen LogP contribution is -2.40. The van der Waals surface area contributed by atoms with Crippen molar-refractivity contribution in [2.24, 2.45) is 0 Å². The summed E-state index contributed by atoms with van der Waals surface area (Å²) in [6, 6.07) is 0.545. The molecule has 0 bridgehead atoms. The van der Waals surface area contributed by atoms with E-state index in [2.05, 4.69) is 10.4 Å². The van der Waals surface area contributed by atoms with E-state index in [9.17, 15) is 5.11 Å². The molecule has 0 spiro atoms. The third-order valence-electron chi connectivity index (χ3n) is 3.81. The first-order valence-electron chi connectivity index (χ1n) is 7.11. The van der Waals surface area contributed by atoms with Crippen LogP contribution in [0.3, 0.4) is 0 Å². The molecule has 2 atom stereocenters. The summed E-state index contributed by atoms with van der Waals surface area (Å²) >= 11 is 6.23. The summed E-state index contributed by atoms with van der Waals surface area (Å²) in [6.45, 7) is 6.96. The van der Waals surface area contributed by atoms with E-state index in [1.54, 1.807) is 6.20 Å². The van der Waals surface area contributed by atoms with Crippen molar-refractivity contribution in [2.75, 3.05) is 6.54 Å². The topological polar surface area (TPSA) is 50.1 Å². The highest BCUT2D eigenvalue weighted by Crippen LogP contribution is 2.34. The summed E-state index contributed by atoms with van der Waals surface area (Å²) in [5.41, 5.74) is -0.219. The summed E-state index contributed by atoms with van der Waals surface area (Å²) in [5, 5.41) is 19.2. The molecule has 1 aromatic heterocycles. The van der Waals surface area contributed by atoms with Gasteiger partial charge in [0.25, 0.3) is 0 Å². The predicted molar refractivity (Wildman–Crippen MR) is 77.5 cm³/mol. The number of nitrogens with one attached hydrogen (secondary N) is 1. The van der Waals surface area contributed by atoms with Crippen molar-refractivity contribution in [1.29, 1.82) is 0 Å². The lowest BCUT2D eigenvalue weighted by molar-refractivity contribution is 0.0235. The Hall–Kier alpha value is -0.580. The van der Waals surface area contributed by atoms with Crippen LogP contribution in [0.1, 0.15) is 58.2 Å². The van der Waals surface area contributed by atoms with Crippen molar-refractivity contribution in [3.63, 3.8) is 0 Å². The number of hydrogen-bond donors (Lipinski definition) is 2. The van der Waals surface area contributed by atoms with Crippen molar-refractivity contribution >= 4 is 11.6 Å². The van der Waals surface area contributed by atoms with Crippen LogP contribution in [0.5, 0.6) is 0 Å². The molecule has 108 valence electrons. The molecule has 0 amide bonds. The maximum Gasteiger partial charge on any atom is 0.106 e. The normalized spacial score (nSPS) is 23.6. The summed E-state index contributed by atoms with van der Waals surface area (Å²) in [4.78, 5) is 0. The van der Waals surface area contributed by atoms with Gasteiger partial charge in [0.15, 0.2) is 0 Å². The average Bonchev–Trinajstić information content (AvgIpc) is 2.73. The molecule has 5 heteroatoms. The zero-order valence-electron chi connectivity index (χ0n) is 12.0. The number of nitrogens with zero attached hydrogens (tertiary/aromatic N) is 2. The van der Waals surface area contributed by atoms with Gasteiger partial charge in [-0.05, 0) is 46.6 Å². The first-order valence-corrected chi connectivity index (χ1v) is 7.49. The summed E-state index contributed by atoms with van der Waals surface area (Å²) in [7, 11) is 0. The van der Waals surface area contributed by atoms with Crippen LogP contribution in [0, 0.1) is 0 Å². The van der Waals surface area contributed by atoms with E-state index >= 15 is 0 Å². The minimum absolute atomic E-state index is 0.188. The minimum atomic E-state index is -0.952. The lowest BCUT2D eigenvalue weighted by Gasteiger charge is -2.32. The van der Waals surface area contributed by atoms with Gasteiger partial charge >= 0.3 is 0 Å². The molecule has 19 heavy (non-hydrogen) atoms. The van der Waals surface area contributed by atoms with Gasteiger partial charge in [0.1, 0.15) is 5.60 Å². The van der Waals surface area contributed by atoms with E-state index in [0.29, 0.717) is 17.5 Å². The average molecular weight is 286 g/mol. The van der Waals surface area contributed by atoms with Crippen molar-refractivity contribution in [1.82, 2.24) is 15.1 Å². The van der Waals surface area contributed by atoms with Gasteiger partial charge in [-0.15, -0.1) is 0 Å². The molecule has 0 saturated carbocycles. The third-order valence-corrected chi connectivity index (χ3v) is 4.08. The largest absolute Gasteiger partial charge is 0.384 e. The Morgan fingerprint density at radius 1 is 1.58 bits per heavy atom. The zero-order chi connectivity index (χ0) is 14.0. The molecular formula is C14H24ClN3O. The fourth-order valence-corrected chi connectivity index (χ4v) is 3.25. The van der Waals surface area contributed by atoms with Gasteiger partial charge in [0.05, 0.1) is 16.9 Å². The number of piperidine rings is 1. The summed E-state index contributed by atoms with van der Waals surface area (Å²) in [5.74, 6) is 0. The number of aliphatic hydroxyl groups is 1. The smallest absolute Gasteiger partial charge is 0.106 e. The predicted octanol–water partition coefficient (Wildman–Crippen LogP) is 2.86. The second-order valence-electron chi connectivity index (χ2n) is 6.00. The van der Waals surface area contributed by atoms with Gasteiger partial charge in [0, 0.05) is 12.1 Å².